The van der Waals surface area contributed by atoms with E-state index in [0.717, 1.165) is 5.56 Å². The maximum Gasteiger partial charge on any atom is 0.343 e. The van der Waals surface area contributed by atoms with Crippen LogP contribution in [0.5, 0.6) is 11.5 Å². The standard InChI is InChI=1S/C24H23N5O4S/c1-32-19-14-13-16(15-20(19)33-2)21-29(24(31)26-18-11-7-4-8-12-18)28-23(34-21)27-22(30)25-17-9-5-3-6-10-17/h3-15,21H,1-2H3,(H,26,31)(H2,25,27,28,30). The number of rotatable bonds is 5. The Morgan fingerprint density at radius 2 is 1.44 bits per heavy atom. The molecular formula is C24H23N5O4S. The van der Waals surface area contributed by atoms with Crippen LogP contribution in [0.25, 0.3) is 0 Å². The van der Waals surface area contributed by atoms with Crippen LogP contribution in [-0.4, -0.2) is 36.5 Å². The molecule has 3 N–H and O–H groups in total. The maximum atomic E-state index is 13.1. The van der Waals surface area contributed by atoms with Crippen LogP contribution in [0.4, 0.5) is 21.0 Å². The number of carbonyl (C=O) groups excluding carboxylic acids is 2. The molecule has 4 rings (SSSR count). The number of urea groups is 2. The summed E-state index contributed by atoms with van der Waals surface area (Å²) < 4.78 is 10.7. The Morgan fingerprint density at radius 3 is 2.06 bits per heavy atom. The quantitative estimate of drug-likeness (QED) is 0.476. The zero-order valence-corrected chi connectivity index (χ0v) is 19.3. The summed E-state index contributed by atoms with van der Waals surface area (Å²) in [7, 11) is 3.10. The van der Waals surface area contributed by atoms with E-state index in [1.54, 1.807) is 50.6 Å². The number of methoxy groups -OCH3 is 2. The van der Waals surface area contributed by atoms with E-state index < -0.39 is 17.4 Å². The molecule has 1 aliphatic heterocycles. The predicted octanol–water partition coefficient (Wildman–Crippen LogP) is 5.08. The lowest BCUT2D eigenvalue weighted by atomic mass is 10.2. The van der Waals surface area contributed by atoms with Gasteiger partial charge in [0, 0.05) is 11.4 Å². The summed E-state index contributed by atoms with van der Waals surface area (Å²) in [6.07, 6.45) is 0. The van der Waals surface area contributed by atoms with Crippen LogP contribution >= 0.6 is 11.8 Å². The molecule has 0 aliphatic carbocycles. The first-order valence-electron chi connectivity index (χ1n) is 10.3. The van der Waals surface area contributed by atoms with Crippen LogP contribution in [0.1, 0.15) is 10.9 Å². The highest BCUT2D eigenvalue weighted by Gasteiger charge is 2.35. The fraction of sp³-hybridized carbons (Fsp3) is 0.125. The highest BCUT2D eigenvalue weighted by atomic mass is 32.2. The van der Waals surface area contributed by atoms with Crippen molar-refractivity contribution >= 4 is 40.4 Å². The minimum absolute atomic E-state index is 0.274. The molecule has 174 valence electrons. The molecule has 10 heteroatoms. The van der Waals surface area contributed by atoms with Crippen LogP contribution in [0, 0.1) is 0 Å². The first-order chi connectivity index (χ1) is 16.6. The average Bonchev–Trinajstić information content (AvgIpc) is 3.28. The van der Waals surface area contributed by atoms with Crippen LogP contribution < -0.4 is 25.4 Å². The molecule has 4 amide bonds. The fourth-order valence-electron chi connectivity index (χ4n) is 3.23. The van der Waals surface area contributed by atoms with Crippen LogP contribution in [-0.2, 0) is 0 Å². The van der Waals surface area contributed by atoms with E-state index in [1.165, 1.54) is 16.8 Å². The molecule has 0 saturated carbocycles. The van der Waals surface area contributed by atoms with Gasteiger partial charge in [0.05, 0.1) is 14.2 Å². The Kier molecular flexibility index (Phi) is 7.19. The molecule has 1 atom stereocenters. The summed E-state index contributed by atoms with van der Waals surface area (Å²) in [4.78, 5) is 25.6. The van der Waals surface area contributed by atoms with E-state index in [0.29, 0.717) is 22.9 Å². The number of amides is 4. The maximum absolute atomic E-state index is 13.1. The second-order valence-electron chi connectivity index (χ2n) is 7.08. The van der Waals surface area contributed by atoms with E-state index in [1.807, 2.05) is 42.5 Å². The summed E-state index contributed by atoms with van der Waals surface area (Å²) in [5.74, 6) is 1.09. The van der Waals surface area contributed by atoms with E-state index in [2.05, 4.69) is 21.1 Å². The molecule has 1 unspecified atom stereocenters. The van der Waals surface area contributed by atoms with Gasteiger partial charge in [-0.3, -0.25) is 5.32 Å². The Hall–Kier alpha value is -4.18. The Labute approximate surface area is 201 Å². The first-order valence-corrected chi connectivity index (χ1v) is 11.2. The third kappa shape index (κ3) is 5.41. The lowest BCUT2D eigenvalue weighted by Gasteiger charge is -2.22. The third-order valence-corrected chi connectivity index (χ3v) is 5.92. The minimum atomic E-state index is -0.546. The third-order valence-electron chi connectivity index (χ3n) is 4.82. The Morgan fingerprint density at radius 1 is 0.824 bits per heavy atom. The van der Waals surface area contributed by atoms with Crippen molar-refractivity contribution in [1.29, 1.82) is 0 Å². The largest absolute Gasteiger partial charge is 0.493 e. The Bertz CT molecular complexity index is 1190. The van der Waals surface area contributed by atoms with Gasteiger partial charge < -0.3 is 20.1 Å². The molecule has 9 nitrogen and oxygen atoms in total. The zero-order valence-electron chi connectivity index (χ0n) is 18.5. The number of ether oxygens (including phenoxy) is 2. The van der Waals surface area contributed by atoms with Gasteiger partial charge in [0.2, 0.25) is 0 Å². The number of para-hydroxylation sites is 2. The van der Waals surface area contributed by atoms with Gasteiger partial charge in [-0.25, -0.2) is 9.59 Å². The molecular weight excluding hydrogens is 454 g/mol. The van der Waals surface area contributed by atoms with Gasteiger partial charge >= 0.3 is 12.1 Å². The zero-order chi connectivity index (χ0) is 23.9. The summed E-state index contributed by atoms with van der Waals surface area (Å²) in [5, 5.41) is 13.7. The van der Waals surface area contributed by atoms with E-state index in [-0.39, 0.29) is 5.17 Å². The van der Waals surface area contributed by atoms with Gasteiger partial charge in [-0.05, 0) is 42.0 Å². The van der Waals surface area contributed by atoms with Crippen molar-refractivity contribution in [3.05, 3.63) is 84.4 Å². The lowest BCUT2D eigenvalue weighted by molar-refractivity contribution is 0.211. The van der Waals surface area contributed by atoms with Crippen molar-refractivity contribution in [3.8, 4) is 11.5 Å². The molecule has 1 aliphatic rings. The first kappa shape index (κ1) is 23.0. The number of anilines is 2. The number of amidine groups is 1. The number of nitrogens with zero attached hydrogens (tertiary/aromatic N) is 2. The molecule has 34 heavy (non-hydrogen) atoms. The highest BCUT2D eigenvalue weighted by molar-refractivity contribution is 8.14. The van der Waals surface area contributed by atoms with Gasteiger partial charge in [0.25, 0.3) is 0 Å². The number of thioether (sulfide) groups is 1. The molecule has 0 fully saturated rings. The van der Waals surface area contributed by atoms with Gasteiger partial charge in [-0.2, -0.15) is 5.01 Å². The van der Waals surface area contributed by atoms with Crippen molar-refractivity contribution in [2.75, 3.05) is 24.9 Å². The predicted molar refractivity (Wildman–Crippen MR) is 133 cm³/mol. The normalized spacial score (nSPS) is 14.7. The van der Waals surface area contributed by atoms with Crippen molar-refractivity contribution < 1.29 is 19.1 Å². The van der Waals surface area contributed by atoms with Crippen molar-refractivity contribution in [2.45, 2.75) is 5.37 Å². The molecule has 3 aromatic carbocycles. The summed E-state index contributed by atoms with van der Waals surface area (Å²) in [5.41, 5.74) is 2.01. The van der Waals surface area contributed by atoms with E-state index in [9.17, 15) is 9.59 Å². The molecule has 1 heterocycles. The van der Waals surface area contributed by atoms with E-state index in [4.69, 9.17) is 9.47 Å². The highest BCUT2D eigenvalue weighted by Crippen LogP contribution is 2.41. The number of carbonyl (C=O) groups is 2. The van der Waals surface area contributed by atoms with Gasteiger partial charge in [0.1, 0.15) is 5.37 Å². The molecule has 0 radical (unpaired) electrons. The van der Waals surface area contributed by atoms with Crippen LogP contribution in [0.15, 0.2) is 84.0 Å². The number of hydrogen-bond acceptors (Lipinski definition) is 6. The number of hydrogen-bond donors (Lipinski definition) is 3. The van der Waals surface area contributed by atoms with Crippen molar-refractivity contribution in [2.24, 2.45) is 5.10 Å². The Balaban J connectivity index is 1.56. The summed E-state index contributed by atoms with van der Waals surface area (Å²) >= 11 is 1.23. The second-order valence-corrected chi connectivity index (χ2v) is 8.14. The second kappa shape index (κ2) is 10.6. The van der Waals surface area contributed by atoms with Crippen molar-refractivity contribution in [1.82, 2.24) is 10.3 Å². The SMILES string of the molecule is COc1ccc(C2SC(NC(=O)Nc3ccccc3)=NN2C(=O)Nc2ccccc2)cc1OC. The lowest BCUT2D eigenvalue weighted by Crippen LogP contribution is -2.32. The average molecular weight is 478 g/mol. The number of benzene rings is 3. The van der Waals surface area contributed by atoms with Crippen LogP contribution in [0.2, 0.25) is 0 Å². The van der Waals surface area contributed by atoms with Gasteiger partial charge in [-0.15, -0.1) is 5.10 Å². The van der Waals surface area contributed by atoms with Gasteiger partial charge in [0.15, 0.2) is 16.7 Å². The molecule has 0 spiro atoms. The molecule has 0 bridgehead atoms. The number of hydrazone groups is 1. The molecule has 0 aromatic heterocycles. The summed E-state index contributed by atoms with van der Waals surface area (Å²) in [6, 6.07) is 22.6. The molecule has 0 saturated heterocycles. The fourth-order valence-corrected chi connectivity index (χ4v) is 4.26. The van der Waals surface area contributed by atoms with Crippen LogP contribution in [0.3, 0.4) is 0 Å². The molecule has 3 aromatic rings. The number of nitrogens with one attached hydrogen (secondary N) is 3. The van der Waals surface area contributed by atoms with E-state index >= 15 is 0 Å². The smallest absolute Gasteiger partial charge is 0.343 e. The minimum Gasteiger partial charge on any atom is -0.493 e. The topological polar surface area (TPSA) is 104 Å². The van der Waals surface area contributed by atoms with Gasteiger partial charge in [-0.1, -0.05) is 54.2 Å². The monoisotopic (exact) mass is 477 g/mol. The summed E-state index contributed by atoms with van der Waals surface area (Å²) in [6.45, 7) is 0. The van der Waals surface area contributed by atoms with Crippen molar-refractivity contribution in [3.63, 3.8) is 0 Å².